The maximum Gasteiger partial charge on any atom is 0.251 e. The van der Waals surface area contributed by atoms with Crippen LogP contribution in [0.5, 0.6) is 5.75 Å². The molecule has 3 aromatic rings. The van der Waals surface area contributed by atoms with E-state index in [1.54, 1.807) is 0 Å². The van der Waals surface area contributed by atoms with Crippen molar-refractivity contribution in [3.05, 3.63) is 65.9 Å². The number of nitrogens with zero attached hydrogens (tertiary/aromatic N) is 1. The fraction of sp³-hybridized carbons (Fsp3) is 0.348. The summed E-state index contributed by atoms with van der Waals surface area (Å²) in [4.78, 5) is 12.5. The van der Waals surface area contributed by atoms with Gasteiger partial charge in [-0.25, -0.2) is 0 Å². The van der Waals surface area contributed by atoms with Crippen LogP contribution < -0.4 is 15.4 Å². The van der Waals surface area contributed by atoms with Gasteiger partial charge in [-0.3, -0.25) is 4.79 Å². The Morgan fingerprint density at radius 1 is 1.14 bits per heavy atom. The van der Waals surface area contributed by atoms with Crippen molar-refractivity contribution < 1.29 is 9.53 Å². The summed E-state index contributed by atoms with van der Waals surface area (Å²) in [5.74, 6) is 0.778. The summed E-state index contributed by atoms with van der Waals surface area (Å²) < 4.78 is 8.24. The lowest BCUT2D eigenvalue weighted by Gasteiger charge is -2.23. The number of hydrogen-bond acceptors (Lipinski definition) is 3. The predicted octanol–water partition coefficient (Wildman–Crippen LogP) is 3.51. The van der Waals surface area contributed by atoms with E-state index in [1.165, 1.54) is 16.6 Å². The second-order valence-corrected chi connectivity index (χ2v) is 7.34. The number of amides is 1. The molecular weight excluding hydrogens is 350 g/mol. The normalized spacial score (nSPS) is 14.9. The van der Waals surface area contributed by atoms with Crippen LogP contribution in [0.1, 0.15) is 28.9 Å². The van der Waals surface area contributed by atoms with Gasteiger partial charge in [-0.05, 0) is 74.6 Å². The number of piperidine rings is 1. The van der Waals surface area contributed by atoms with Gasteiger partial charge in [-0.15, -0.1) is 0 Å². The minimum atomic E-state index is -0.0532. The summed E-state index contributed by atoms with van der Waals surface area (Å²) in [7, 11) is 0. The van der Waals surface area contributed by atoms with Crippen molar-refractivity contribution in [3.8, 4) is 5.75 Å². The number of ether oxygens (including phenoxy) is 1. The molecule has 4 rings (SSSR count). The molecule has 0 radical (unpaired) electrons. The Balaban J connectivity index is 1.31. The zero-order valence-corrected chi connectivity index (χ0v) is 16.3. The van der Waals surface area contributed by atoms with E-state index < -0.39 is 0 Å². The topological polar surface area (TPSA) is 55.3 Å². The van der Waals surface area contributed by atoms with Crippen molar-refractivity contribution in [2.24, 2.45) is 0 Å². The predicted molar refractivity (Wildman–Crippen MR) is 112 cm³/mol. The quantitative estimate of drug-likeness (QED) is 0.691. The minimum Gasteiger partial charge on any atom is -0.490 e. The molecule has 0 atom stereocenters. The number of hydrogen-bond donors (Lipinski definition) is 2. The lowest BCUT2D eigenvalue weighted by Crippen LogP contribution is -2.34. The van der Waals surface area contributed by atoms with Crippen LogP contribution in [0.2, 0.25) is 0 Å². The van der Waals surface area contributed by atoms with Crippen LogP contribution in [0.3, 0.4) is 0 Å². The van der Waals surface area contributed by atoms with Gasteiger partial charge in [-0.2, -0.15) is 0 Å². The number of nitrogens with one attached hydrogen (secondary N) is 2. The lowest BCUT2D eigenvalue weighted by atomic mass is 10.1. The molecule has 5 nitrogen and oxygen atoms in total. The Hall–Kier alpha value is -2.79. The summed E-state index contributed by atoms with van der Waals surface area (Å²) in [5, 5.41) is 7.59. The Labute approximate surface area is 165 Å². The first-order chi connectivity index (χ1) is 13.7. The van der Waals surface area contributed by atoms with Gasteiger partial charge in [0.2, 0.25) is 0 Å². The third-order valence-corrected chi connectivity index (χ3v) is 5.34. The second-order valence-electron chi connectivity index (χ2n) is 7.34. The van der Waals surface area contributed by atoms with E-state index >= 15 is 0 Å². The molecule has 1 aliphatic rings. The molecule has 28 heavy (non-hydrogen) atoms. The maximum atomic E-state index is 12.5. The van der Waals surface area contributed by atoms with Crippen molar-refractivity contribution in [1.82, 2.24) is 15.2 Å². The highest BCUT2D eigenvalue weighted by Gasteiger charge is 2.14. The van der Waals surface area contributed by atoms with Gasteiger partial charge >= 0.3 is 0 Å². The molecule has 1 fully saturated rings. The number of benzene rings is 2. The molecule has 2 aromatic carbocycles. The fourth-order valence-corrected chi connectivity index (χ4v) is 3.82. The Bertz CT molecular complexity index is 940. The van der Waals surface area contributed by atoms with Crippen molar-refractivity contribution >= 4 is 16.8 Å². The number of aryl methyl sites for hydroxylation is 1. The summed E-state index contributed by atoms with van der Waals surface area (Å²) in [6.45, 7) is 5.44. The zero-order chi connectivity index (χ0) is 19.3. The average molecular weight is 377 g/mol. The molecular formula is C23H27N3O2. The van der Waals surface area contributed by atoms with Crippen LogP contribution in [-0.2, 0) is 6.54 Å². The van der Waals surface area contributed by atoms with Crippen LogP contribution in [0, 0.1) is 6.92 Å². The monoisotopic (exact) mass is 377 g/mol. The molecule has 1 aliphatic heterocycles. The molecule has 0 spiro atoms. The third kappa shape index (κ3) is 4.20. The van der Waals surface area contributed by atoms with Crippen LogP contribution in [0.4, 0.5) is 0 Å². The molecule has 1 saturated heterocycles. The Morgan fingerprint density at radius 2 is 1.89 bits per heavy atom. The maximum absolute atomic E-state index is 12.5. The molecule has 1 amide bonds. The first-order valence-corrected chi connectivity index (χ1v) is 10.0. The van der Waals surface area contributed by atoms with E-state index in [9.17, 15) is 4.79 Å². The number of carbonyl (C=O) groups excluding carboxylic acids is 1. The van der Waals surface area contributed by atoms with E-state index in [0.29, 0.717) is 12.1 Å². The first-order valence-electron chi connectivity index (χ1n) is 10.0. The molecule has 5 heteroatoms. The van der Waals surface area contributed by atoms with E-state index in [0.717, 1.165) is 38.2 Å². The summed E-state index contributed by atoms with van der Waals surface area (Å²) in [6, 6.07) is 18.0. The summed E-state index contributed by atoms with van der Waals surface area (Å²) in [5.41, 5.74) is 3.07. The highest BCUT2D eigenvalue weighted by molar-refractivity contribution is 5.94. The number of para-hydroxylation sites is 1. The van der Waals surface area contributed by atoms with E-state index in [2.05, 4.69) is 40.3 Å². The van der Waals surface area contributed by atoms with Gasteiger partial charge < -0.3 is 19.9 Å². The molecule has 0 bridgehead atoms. The first kappa shape index (κ1) is 18.6. The molecule has 146 valence electrons. The zero-order valence-electron chi connectivity index (χ0n) is 16.3. The van der Waals surface area contributed by atoms with E-state index in [-0.39, 0.29) is 12.0 Å². The van der Waals surface area contributed by atoms with Gasteiger partial charge in [0.15, 0.2) is 0 Å². The van der Waals surface area contributed by atoms with Gasteiger partial charge in [0.1, 0.15) is 11.9 Å². The molecule has 0 saturated carbocycles. The second kappa shape index (κ2) is 8.48. The highest BCUT2D eigenvalue weighted by atomic mass is 16.5. The van der Waals surface area contributed by atoms with Gasteiger partial charge in [0.25, 0.3) is 5.91 Å². The van der Waals surface area contributed by atoms with E-state index in [4.69, 9.17) is 4.74 Å². The molecule has 0 unspecified atom stereocenters. The average Bonchev–Trinajstić information content (AvgIpc) is 3.04. The SMILES string of the molecule is Cc1cc2ccccc2n1CCNC(=O)c1ccc(OC2CCNCC2)cc1. The van der Waals surface area contributed by atoms with Crippen molar-refractivity contribution in [2.45, 2.75) is 32.4 Å². The molecule has 2 N–H and O–H groups in total. The van der Waals surface area contributed by atoms with Crippen LogP contribution in [0.15, 0.2) is 54.6 Å². The Morgan fingerprint density at radius 3 is 2.68 bits per heavy atom. The summed E-state index contributed by atoms with van der Waals surface area (Å²) >= 11 is 0. The van der Waals surface area contributed by atoms with Crippen LogP contribution >= 0.6 is 0 Å². The van der Waals surface area contributed by atoms with Gasteiger partial charge in [-0.1, -0.05) is 18.2 Å². The largest absolute Gasteiger partial charge is 0.490 e. The Kier molecular flexibility index (Phi) is 5.63. The van der Waals surface area contributed by atoms with Gasteiger partial charge in [0, 0.05) is 29.9 Å². The molecule has 0 aliphatic carbocycles. The van der Waals surface area contributed by atoms with Crippen molar-refractivity contribution in [3.63, 3.8) is 0 Å². The van der Waals surface area contributed by atoms with Crippen LogP contribution in [0.25, 0.3) is 10.9 Å². The molecule has 1 aromatic heterocycles. The standard InChI is InChI=1S/C23H27N3O2/c1-17-16-19-4-2-3-5-22(19)26(17)15-14-25-23(27)18-6-8-20(9-7-18)28-21-10-12-24-13-11-21/h2-9,16,21,24H,10-15H2,1H3,(H,25,27). The van der Waals surface area contributed by atoms with E-state index in [1.807, 2.05) is 36.4 Å². The third-order valence-electron chi connectivity index (χ3n) is 5.34. The lowest BCUT2D eigenvalue weighted by molar-refractivity contribution is 0.0952. The number of rotatable bonds is 6. The van der Waals surface area contributed by atoms with Crippen molar-refractivity contribution in [1.29, 1.82) is 0 Å². The minimum absolute atomic E-state index is 0.0532. The number of fused-ring (bicyclic) bond motifs is 1. The van der Waals surface area contributed by atoms with Gasteiger partial charge in [0.05, 0.1) is 0 Å². The molecule has 2 heterocycles. The highest BCUT2D eigenvalue weighted by Crippen LogP contribution is 2.19. The summed E-state index contributed by atoms with van der Waals surface area (Å²) in [6.07, 6.45) is 2.31. The van der Waals surface area contributed by atoms with Crippen molar-refractivity contribution in [2.75, 3.05) is 19.6 Å². The number of carbonyl (C=O) groups is 1. The number of aromatic nitrogens is 1. The fourth-order valence-electron chi connectivity index (χ4n) is 3.82. The smallest absolute Gasteiger partial charge is 0.251 e. The van der Waals surface area contributed by atoms with Crippen LogP contribution in [-0.4, -0.2) is 36.2 Å².